The molecule has 0 aromatic heterocycles. The monoisotopic (exact) mass is 938 g/mol. The van der Waals surface area contributed by atoms with Gasteiger partial charge in [0.2, 0.25) is 0 Å². The second-order valence-corrected chi connectivity index (χ2v) is 25.5. The van der Waals surface area contributed by atoms with Crippen LogP contribution >= 0.6 is 0 Å². The van der Waals surface area contributed by atoms with Crippen molar-refractivity contribution in [3.8, 4) is 11.1 Å². The van der Waals surface area contributed by atoms with Gasteiger partial charge in [0.25, 0.3) is 6.71 Å². The van der Waals surface area contributed by atoms with E-state index in [0.717, 1.165) is 19.3 Å². The van der Waals surface area contributed by atoms with Gasteiger partial charge in [-0.15, -0.1) is 0 Å². The molecule has 2 aliphatic carbocycles. The van der Waals surface area contributed by atoms with E-state index in [1.165, 1.54) is 125 Å². The van der Waals surface area contributed by atoms with E-state index >= 15 is 0 Å². The average Bonchev–Trinajstić information content (AvgIpc) is 3.72. The summed E-state index contributed by atoms with van der Waals surface area (Å²) in [6.45, 7) is 24.6. The Morgan fingerprint density at radius 3 is 1.93 bits per heavy atom. The van der Waals surface area contributed by atoms with Gasteiger partial charge in [0, 0.05) is 50.5 Å². The Morgan fingerprint density at radius 2 is 1.14 bits per heavy atom. The summed E-state index contributed by atoms with van der Waals surface area (Å²) >= 11 is 0. The lowest BCUT2D eigenvalue weighted by atomic mass is 9.33. The van der Waals surface area contributed by atoms with Crippen LogP contribution in [0.1, 0.15) is 135 Å². The highest BCUT2D eigenvalue weighted by atomic mass is 15.3. The summed E-state index contributed by atoms with van der Waals surface area (Å²) < 4.78 is 0. The predicted molar refractivity (Wildman–Crippen MR) is 307 cm³/mol. The Morgan fingerprint density at radius 1 is 0.472 bits per heavy atom. The van der Waals surface area contributed by atoms with Crippen molar-refractivity contribution < 1.29 is 0 Å². The van der Waals surface area contributed by atoms with Crippen LogP contribution in [0.2, 0.25) is 0 Å². The zero-order valence-electron chi connectivity index (χ0n) is 44.2. The van der Waals surface area contributed by atoms with Gasteiger partial charge < -0.3 is 14.7 Å². The fourth-order valence-electron chi connectivity index (χ4n) is 15.6. The molecule has 0 bridgehead atoms. The third-order valence-corrected chi connectivity index (χ3v) is 19.9. The van der Waals surface area contributed by atoms with Gasteiger partial charge in [-0.3, -0.25) is 0 Å². The molecule has 4 atom stereocenters. The second kappa shape index (κ2) is 14.6. The first-order valence-corrected chi connectivity index (χ1v) is 27.1. The number of benzene rings is 8. The fourth-order valence-corrected chi connectivity index (χ4v) is 15.6. The Hall–Kier alpha value is -6.52. The zero-order chi connectivity index (χ0) is 49.5. The first-order chi connectivity index (χ1) is 34.5. The van der Waals surface area contributed by atoms with Crippen molar-refractivity contribution in [3.63, 3.8) is 0 Å². The molecule has 1 saturated carbocycles. The fraction of sp³-hybridized carbons (Fsp3) is 0.324. The Kier molecular flexibility index (Phi) is 8.96. The minimum atomic E-state index is -0.346. The summed E-state index contributed by atoms with van der Waals surface area (Å²) in [5.74, 6) is 0. The van der Waals surface area contributed by atoms with Crippen LogP contribution in [-0.2, 0) is 33.6 Å². The zero-order valence-corrected chi connectivity index (χ0v) is 44.2. The molecule has 0 spiro atoms. The number of hydrogen-bond acceptors (Lipinski definition) is 3. The van der Waals surface area contributed by atoms with E-state index in [4.69, 9.17) is 0 Å². The first-order valence-electron chi connectivity index (χ1n) is 27.1. The molecule has 6 aliphatic rings. The minimum Gasteiger partial charge on any atom is -0.335 e. The van der Waals surface area contributed by atoms with Gasteiger partial charge in [-0.25, -0.2) is 0 Å². The number of nitrogens with zero attached hydrogens (tertiary/aromatic N) is 3. The minimum absolute atomic E-state index is 0.00188. The quantitative estimate of drug-likeness (QED) is 0.163. The van der Waals surface area contributed by atoms with Crippen molar-refractivity contribution >= 4 is 73.7 Å². The number of aryl methyl sites for hydroxylation is 1. The Bertz CT molecular complexity index is 3630. The highest BCUT2D eigenvalue weighted by Gasteiger charge is 2.63. The molecule has 72 heavy (non-hydrogen) atoms. The smallest absolute Gasteiger partial charge is 0.252 e. The first kappa shape index (κ1) is 44.2. The number of para-hydroxylation sites is 2. The maximum absolute atomic E-state index is 2.93. The number of rotatable bonds is 3. The van der Waals surface area contributed by atoms with Crippen molar-refractivity contribution in [2.24, 2.45) is 0 Å². The molecule has 0 N–H and O–H groups in total. The van der Waals surface area contributed by atoms with Crippen LogP contribution < -0.4 is 31.1 Å². The second-order valence-electron chi connectivity index (χ2n) is 25.5. The molecule has 0 radical (unpaired) electrons. The predicted octanol–water partition coefficient (Wildman–Crippen LogP) is 15.7. The third kappa shape index (κ3) is 5.59. The van der Waals surface area contributed by atoms with E-state index in [9.17, 15) is 0 Å². The lowest BCUT2D eigenvalue weighted by Gasteiger charge is -2.54. The summed E-state index contributed by atoms with van der Waals surface area (Å²) in [7, 11) is 0. The van der Waals surface area contributed by atoms with Crippen molar-refractivity contribution in [1.82, 2.24) is 0 Å². The largest absolute Gasteiger partial charge is 0.335 e. The van der Waals surface area contributed by atoms with E-state index in [2.05, 4.69) is 242 Å². The van der Waals surface area contributed by atoms with Gasteiger partial charge in [-0.2, -0.15) is 0 Å². The van der Waals surface area contributed by atoms with Crippen LogP contribution in [0.3, 0.4) is 0 Å². The van der Waals surface area contributed by atoms with Crippen molar-refractivity contribution in [2.75, 3.05) is 14.7 Å². The van der Waals surface area contributed by atoms with E-state index < -0.39 is 0 Å². The van der Waals surface area contributed by atoms with Crippen LogP contribution in [0.25, 0.3) is 21.9 Å². The number of fused-ring (bicyclic) bond motifs is 13. The van der Waals surface area contributed by atoms with Crippen LogP contribution in [0.4, 0.5) is 39.8 Å². The van der Waals surface area contributed by atoms with Gasteiger partial charge in [0.05, 0.1) is 16.8 Å². The van der Waals surface area contributed by atoms with E-state index in [0.29, 0.717) is 0 Å². The topological polar surface area (TPSA) is 9.72 Å². The highest BCUT2D eigenvalue weighted by molar-refractivity contribution is 7.00. The van der Waals surface area contributed by atoms with Gasteiger partial charge in [0.15, 0.2) is 0 Å². The third-order valence-electron chi connectivity index (χ3n) is 19.9. The summed E-state index contributed by atoms with van der Waals surface area (Å²) in [4.78, 5) is 8.47. The van der Waals surface area contributed by atoms with E-state index in [1.807, 2.05) is 0 Å². The summed E-state index contributed by atoms with van der Waals surface area (Å²) in [5, 5.41) is 2.53. The molecule has 1 fully saturated rings. The van der Waals surface area contributed by atoms with Crippen molar-refractivity contribution in [2.45, 2.75) is 141 Å². The molecule has 358 valence electrons. The van der Waals surface area contributed by atoms with Crippen molar-refractivity contribution in [3.05, 3.63) is 191 Å². The van der Waals surface area contributed by atoms with E-state index in [-0.39, 0.29) is 39.5 Å². The van der Waals surface area contributed by atoms with Gasteiger partial charge in [-0.05, 0) is 159 Å². The normalized spacial score (nSPS) is 24.3. The molecule has 14 rings (SSSR count). The maximum atomic E-state index is 2.93. The van der Waals surface area contributed by atoms with Gasteiger partial charge in [-0.1, -0.05) is 183 Å². The van der Waals surface area contributed by atoms with Crippen LogP contribution in [0.5, 0.6) is 0 Å². The van der Waals surface area contributed by atoms with Gasteiger partial charge >= 0.3 is 0 Å². The number of anilines is 7. The summed E-state index contributed by atoms with van der Waals surface area (Å²) in [6, 6.07) is 62.5. The molecular formula is C68H68BN3. The van der Waals surface area contributed by atoms with Crippen molar-refractivity contribution in [1.29, 1.82) is 0 Å². The molecule has 8 aromatic rings. The van der Waals surface area contributed by atoms with Crippen LogP contribution in [0.15, 0.2) is 158 Å². The standard InChI is InChI=1S/C68H68BN3/c1-63(2,3)47-30-32-56(50(39-47)46-29-28-43-20-11-12-22-45(43)38-46)70-58-33-31-48(64(4,5)6)40-55(58)69-54-26-19-25-53-62(54)72(67(9)36-18-17-35-65(53,67)7)60-42-49(41-59(70)61(60)69)71-57-27-16-15-24-52(57)66(8)37-34-44-21-13-14-23-51(44)68(66,71)10/h11-16,19-33,38-42H,17-18,34-37H2,1-10H3. The molecule has 0 amide bonds. The highest BCUT2D eigenvalue weighted by Crippen LogP contribution is 2.66. The molecule has 4 aliphatic heterocycles. The molecule has 4 unspecified atom stereocenters. The Balaban J connectivity index is 1.13. The molecule has 8 aromatic carbocycles. The Labute approximate surface area is 429 Å². The van der Waals surface area contributed by atoms with Crippen LogP contribution in [0, 0.1) is 0 Å². The lowest BCUT2D eigenvalue weighted by molar-refractivity contribution is 0.195. The SMILES string of the molecule is CC(C)(C)c1ccc2c(c1)B1c3cccc4c3N(c3cc(N5c6ccccc6C6(C)CCc7ccccc7C56C)cc(c31)N2c1ccc(C(C)(C)C)cc1-c1ccc2ccccc2c1)C1(C)CCCCC41C. The van der Waals surface area contributed by atoms with Crippen LogP contribution in [-0.4, -0.2) is 12.3 Å². The molecular weight excluding hydrogens is 870 g/mol. The number of hydrogen-bond donors (Lipinski definition) is 0. The van der Waals surface area contributed by atoms with Gasteiger partial charge in [0.1, 0.15) is 0 Å². The summed E-state index contributed by atoms with van der Waals surface area (Å²) in [5.41, 5.74) is 24.0. The summed E-state index contributed by atoms with van der Waals surface area (Å²) in [6.07, 6.45) is 7.03. The molecule has 4 heteroatoms. The average molecular weight is 938 g/mol. The molecule has 0 saturated heterocycles. The molecule has 4 heterocycles. The molecule has 3 nitrogen and oxygen atoms in total. The lowest BCUT2D eigenvalue weighted by Crippen LogP contribution is -2.64. The maximum Gasteiger partial charge on any atom is 0.252 e. The van der Waals surface area contributed by atoms with E-state index in [1.54, 1.807) is 5.56 Å².